The van der Waals surface area contributed by atoms with E-state index in [9.17, 15) is 4.79 Å². The van der Waals surface area contributed by atoms with E-state index in [1.807, 2.05) is 0 Å². The topological polar surface area (TPSA) is 49.8 Å². The van der Waals surface area contributed by atoms with Crippen LogP contribution in [0.15, 0.2) is 0 Å². The molecule has 1 heterocycles. The molecule has 0 aliphatic carbocycles. The highest BCUT2D eigenvalue weighted by Gasteiger charge is 2.15. The minimum absolute atomic E-state index is 0.295. The lowest BCUT2D eigenvalue weighted by molar-refractivity contribution is -0.155. The van der Waals surface area contributed by atoms with Crippen molar-refractivity contribution in [2.75, 3.05) is 19.7 Å². The Kier molecular flexibility index (Phi) is 2.02. The number of carbonyl (C=O) groups is 1. The zero-order valence-electron chi connectivity index (χ0n) is 4.99. The van der Waals surface area contributed by atoms with E-state index < -0.39 is 6.29 Å². The summed E-state index contributed by atoms with van der Waals surface area (Å²) in [6.07, 6.45) is -0.0740. The van der Waals surface area contributed by atoms with Gasteiger partial charge < -0.3 is 14.7 Å². The maximum atomic E-state index is 10.1. The van der Waals surface area contributed by atoms with Gasteiger partial charge in [0.05, 0.1) is 13.2 Å². The Balaban J connectivity index is 2.31. The molecule has 1 amide bonds. The van der Waals surface area contributed by atoms with Crippen LogP contribution in [0.25, 0.3) is 0 Å². The van der Waals surface area contributed by atoms with Crippen molar-refractivity contribution in [1.29, 1.82) is 0 Å². The van der Waals surface area contributed by atoms with Gasteiger partial charge in [0.15, 0.2) is 6.29 Å². The molecular weight excluding hydrogens is 122 g/mol. The first-order chi connectivity index (χ1) is 4.33. The second-order valence-corrected chi connectivity index (χ2v) is 1.93. The fourth-order valence-electron chi connectivity index (χ4n) is 0.746. The quantitative estimate of drug-likeness (QED) is 0.454. The van der Waals surface area contributed by atoms with Crippen LogP contribution >= 0.6 is 0 Å². The third-order valence-corrected chi connectivity index (χ3v) is 1.23. The molecule has 1 N–H and O–H groups in total. The van der Waals surface area contributed by atoms with Gasteiger partial charge in [-0.1, -0.05) is 0 Å². The Bertz CT molecular complexity index is 106. The Morgan fingerprint density at radius 3 is 3.00 bits per heavy atom. The molecule has 4 heteroatoms. The van der Waals surface area contributed by atoms with Gasteiger partial charge in [0.25, 0.3) is 0 Å². The number of β-amino-alcohol motifs (C(OH)–C–C–N with tert-alkyl or cyclic N) is 1. The predicted molar refractivity (Wildman–Crippen MR) is 29.6 cm³/mol. The Labute approximate surface area is 53.0 Å². The van der Waals surface area contributed by atoms with Gasteiger partial charge in [-0.15, -0.1) is 0 Å². The standard InChI is InChI=1S/C5H9NO3/c7-4-6-1-2-9-5(8)3-6/h4-5,8H,1-3H2. The van der Waals surface area contributed by atoms with Crippen LogP contribution in [0.4, 0.5) is 0 Å². The van der Waals surface area contributed by atoms with Crippen molar-refractivity contribution in [3.63, 3.8) is 0 Å². The number of hydrogen-bond donors (Lipinski definition) is 1. The van der Waals surface area contributed by atoms with E-state index in [4.69, 9.17) is 9.84 Å². The predicted octanol–water partition coefficient (Wildman–Crippen LogP) is -1.21. The van der Waals surface area contributed by atoms with E-state index in [2.05, 4.69) is 0 Å². The molecule has 0 aromatic heterocycles. The molecule has 0 bridgehead atoms. The van der Waals surface area contributed by atoms with E-state index in [1.54, 1.807) is 0 Å². The van der Waals surface area contributed by atoms with Crippen LogP contribution in [0.2, 0.25) is 0 Å². The first-order valence-electron chi connectivity index (χ1n) is 2.82. The first-order valence-corrected chi connectivity index (χ1v) is 2.82. The van der Waals surface area contributed by atoms with Gasteiger partial charge in [-0.05, 0) is 0 Å². The van der Waals surface area contributed by atoms with Crippen LogP contribution in [0.3, 0.4) is 0 Å². The van der Waals surface area contributed by atoms with Gasteiger partial charge in [-0.3, -0.25) is 4.79 Å². The maximum absolute atomic E-state index is 10.1. The summed E-state index contributed by atoms with van der Waals surface area (Å²) in [6.45, 7) is 1.31. The van der Waals surface area contributed by atoms with Crippen molar-refractivity contribution in [3.8, 4) is 0 Å². The van der Waals surface area contributed by atoms with Crippen LogP contribution < -0.4 is 0 Å². The average molecular weight is 131 g/mol. The molecule has 0 spiro atoms. The van der Waals surface area contributed by atoms with Crippen LogP contribution in [-0.4, -0.2) is 42.4 Å². The number of rotatable bonds is 1. The second kappa shape index (κ2) is 2.80. The number of amides is 1. The van der Waals surface area contributed by atoms with Gasteiger partial charge in [-0.2, -0.15) is 0 Å². The van der Waals surface area contributed by atoms with Crippen LogP contribution in [0, 0.1) is 0 Å². The number of aliphatic hydroxyl groups is 1. The van der Waals surface area contributed by atoms with Crippen molar-refractivity contribution in [2.45, 2.75) is 6.29 Å². The SMILES string of the molecule is O=CN1CCOC(O)C1. The Hall–Kier alpha value is -0.610. The largest absolute Gasteiger partial charge is 0.366 e. The van der Waals surface area contributed by atoms with Crippen LogP contribution in [-0.2, 0) is 9.53 Å². The molecule has 4 nitrogen and oxygen atoms in total. The molecule has 1 aliphatic rings. The van der Waals surface area contributed by atoms with E-state index in [1.165, 1.54) is 4.90 Å². The third-order valence-electron chi connectivity index (χ3n) is 1.23. The molecular formula is C5H9NO3. The zero-order valence-corrected chi connectivity index (χ0v) is 4.99. The third kappa shape index (κ3) is 1.65. The molecule has 0 radical (unpaired) electrons. The van der Waals surface area contributed by atoms with E-state index in [0.29, 0.717) is 26.1 Å². The summed E-state index contributed by atoms with van der Waals surface area (Å²) in [6, 6.07) is 0. The average Bonchev–Trinajstić information content (AvgIpc) is 1.88. The summed E-state index contributed by atoms with van der Waals surface area (Å²) in [5.41, 5.74) is 0. The molecule has 1 saturated heterocycles. The molecule has 1 unspecified atom stereocenters. The monoisotopic (exact) mass is 131 g/mol. The first kappa shape index (κ1) is 6.51. The summed E-state index contributed by atoms with van der Waals surface area (Å²) in [5, 5.41) is 8.79. The van der Waals surface area contributed by atoms with Crippen molar-refractivity contribution in [2.24, 2.45) is 0 Å². The molecule has 0 aromatic carbocycles. The molecule has 1 fully saturated rings. The number of aliphatic hydroxyl groups excluding tert-OH is 1. The molecule has 1 rings (SSSR count). The normalized spacial score (nSPS) is 28.1. The zero-order chi connectivity index (χ0) is 6.69. The second-order valence-electron chi connectivity index (χ2n) is 1.93. The molecule has 52 valence electrons. The van der Waals surface area contributed by atoms with Gasteiger partial charge in [-0.25, -0.2) is 0 Å². The summed E-state index contributed by atoms with van der Waals surface area (Å²) >= 11 is 0. The highest BCUT2D eigenvalue weighted by molar-refractivity contribution is 5.47. The van der Waals surface area contributed by atoms with Crippen LogP contribution in [0.5, 0.6) is 0 Å². The fraction of sp³-hybridized carbons (Fsp3) is 0.800. The lowest BCUT2D eigenvalue weighted by Gasteiger charge is -2.26. The van der Waals surface area contributed by atoms with Gasteiger partial charge in [0.2, 0.25) is 6.41 Å². The highest BCUT2D eigenvalue weighted by atomic mass is 16.6. The van der Waals surface area contributed by atoms with Crippen molar-refractivity contribution < 1.29 is 14.6 Å². The van der Waals surface area contributed by atoms with Gasteiger partial charge >= 0.3 is 0 Å². The highest BCUT2D eigenvalue weighted by Crippen LogP contribution is 1.98. The summed E-state index contributed by atoms with van der Waals surface area (Å²) in [5.74, 6) is 0. The summed E-state index contributed by atoms with van der Waals surface area (Å²) in [7, 11) is 0. The molecule has 1 atom stereocenters. The molecule has 9 heavy (non-hydrogen) atoms. The number of morpholine rings is 1. The number of ether oxygens (including phenoxy) is 1. The smallest absolute Gasteiger partial charge is 0.209 e. The van der Waals surface area contributed by atoms with Gasteiger partial charge in [0, 0.05) is 6.54 Å². The number of hydrogen-bond acceptors (Lipinski definition) is 3. The Morgan fingerprint density at radius 1 is 1.78 bits per heavy atom. The van der Waals surface area contributed by atoms with Crippen molar-refractivity contribution >= 4 is 6.41 Å². The van der Waals surface area contributed by atoms with E-state index >= 15 is 0 Å². The Morgan fingerprint density at radius 2 is 2.56 bits per heavy atom. The summed E-state index contributed by atoms with van der Waals surface area (Å²) in [4.78, 5) is 11.5. The molecule has 0 aromatic rings. The molecule has 0 saturated carbocycles. The van der Waals surface area contributed by atoms with Crippen molar-refractivity contribution in [1.82, 2.24) is 4.90 Å². The summed E-state index contributed by atoms with van der Waals surface area (Å²) < 4.78 is 4.76. The number of carbonyl (C=O) groups excluding carboxylic acids is 1. The lowest BCUT2D eigenvalue weighted by Crippen LogP contribution is -2.41. The molecule has 1 aliphatic heterocycles. The lowest BCUT2D eigenvalue weighted by atomic mass is 10.4. The van der Waals surface area contributed by atoms with Gasteiger partial charge in [0.1, 0.15) is 0 Å². The van der Waals surface area contributed by atoms with Crippen molar-refractivity contribution in [3.05, 3.63) is 0 Å². The van der Waals surface area contributed by atoms with E-state index in [0.717, 1.165) is 0 Å². The minimum atomic E-state index is -0.788. The van der Waals surface area contributed by atoms with Crippen LogP contribution in [0.1, 0.15) is 0 Å². The minimum Gasteiger partial charge on any atom is -0.366 e. The fourth-order valence-corrected chi connectivity index (χ4v) is 0.746. The van der Waals surface area contributed by atoms with E-state index in [-0.39, 0.29) is 0 Å². The number of nitrogens with zero attached hydrogens (tertiary/aromatic N) is 1. The maximum Gasteiger partial charge on any atom is 0.209 e.